The molecule has 0 bridgehead atoms. The summed E-state index contributed by atoms with van der Waals surface area (Å²) < 4.78 is 5.65. The van der Waals surface area contributed by atoms with Crippen LogP contribution in [0.4, 0.5) is 17.3 Å². The third-order valence-corrected chi connectivity index (χ3v) is 4.32. The minimum atomic E-state index is 0.519. The van der Waals surface area contributed by atoms with Crippen molar-refractivity contribution in [3.05, 3.63) is 36.7 Å². The summed E-state index contributed by atoms with van der Waals surface area (Å²) >= 11 is 0. The van der Waals surface area contributed by atoms with Crippen LogP contribution in [0.2, 0.25) is 0 Å². The summed E-state index contributed by atoms with van der Waals surface area (Å²) in [5.74, 6) is 2.48. The highest BCUT2D eigenvalue weighted by molar-refractivity contribution is 5.65. The number of hydrogen-bond acceptors (Lipinski definition) is 5. The number of nitrogens with one attached hydrogen (secondary N) is 2. The molecule has 0 saturated heterocycles. The highest BCUT2D eigenvalue weighted by atomic mass is 16.5. The molecule has 1 saturated carbocycles. The fourth-order valence-electron chi connectivity index (χ4n) is 3.13. The quantitative estimate of drug-likeness (QED) is 0.750. The van der Waals surface area contributed by atoms with Gasteiger partial charge in [-0.3, -0.25) is 0 Å². The second-order valence-electron chi connectivity index (χ2n) is 6.18. The Morgan fingerprint density at radius 3 is 2.58 bits per heavy atom. The summed E-state index contributed by atoms with van der Waals surface area (Å²) in [6.07, 6.45) is 9.35. The molecule has 1 heterocycles. The number of rotatable bonds is 6. The zero-order valence-electron chi connectivity index (χ0n) is 14.3. The van der Waals surface area contributed by atoms with Crippen molar-refractivity contribution in [1.82, 2.24) is 9.97 Å². The summed E-state index contributed by atoms with van der Waals surface area (Å²) in [6.45, 7) is 2.62. The molecule has 0 amide bonds. The van der Waals surface area contributed by atoms with E-state index in [4.69, 9.17) is 4.74 Å². The molecule has 0 radical (unpaired) electrons. The number of benzene rings is 1. The average molecular weight is 326 g/mol. The Morgan fingerprint density at radius 2 is 1.79 bits per heavy atom. The Kier molecular flexibility index (Phi) is 5.88. The Balaban J connectivity index is 1.69. The maximum Gasteiger partial charge on any atom is 0.142 e. The zero-order valence-corrected chi connectivity index (χ0v) is 14.3. The van der Waals surface area contributed by atoms with Crippen molar-refractivity contribution in [3.8, 4) is 5.75 Å². The molecule has 1 aromatic carbocycles. The van der Waals surface area contributed by atoms with E-state index in [1.165, 1.54) is 38.5 Å². The van der Waals surface area contributed by atoms with Crippen LogP contribution in [-0.4, -0.2) is 22.6 Å². The topological polar surface area (TPSA) is 59.1 Å². The number of hydrogen-bond donors (Lipinski definition) is 2. The molecule has 0 aliphatic heterocycles. The number of anilines is 3. The molecule has 5 heteroatoms. The molecule has 1 aromatic heterocycles. The first kappa shape index (κ1) is 16.6. The second-order valence-corrected chi connectivity index (χ2v) is 6.18. The van der Waals surface area contributed by atoms with Gasteiger partial charge in [-0.15, -0.1) is 0 Å². The number of ether oxygens (including phenoxy) is 1. The third kappa shape index (κ3) is 4.60. The lowest BCUT2D eigenvalue weighted by atomic mass is 10.1. The zero-order chi connectivity index (χ0) is 16.6. The van der Waals surface area contributed by atoms with Gasteiger partial charge in [-0.05, 0) is 31.9 Å². The van der Waals surface area contributed by atoms with E-state index >= 15 is 0 Å². The normalized spacial score (nSPS) is 15.5. The van der Waals surface area contributed by atoms with E-state index in [0.717, 1.165) is 23.1 Å². The lowest BCUT2D eigenvalue weighted by molar-refractivity contribution is 0.342. The van der Waals surface area contributed by atoms with Crippen molar-refractivity contribution in [2.24, 2.45) is 0 Å². The van der Waals surface area contributed by atoms with Gasteiger partial charge in [0.15, 0.2) is 0 Å². The van der Waals surface area contributed by atoms with Gasteiger partial charge < -0.3 is 15.4 Å². The molecule has 0 atom stereocenters. The fourth-order valence-corrected chi connectivity index (χ4v) is 3.13. The molecule has 5 nitrogen and oxygen atoms in total. The van der Waals surface area contributed by atoms with Crippen molar-refractivity contribution in [2.45, 2.75) is 51.5 Å². The van der Waals surface area contributed by atoms with Crippen molar-refractivity contribution in [1.29, 1.82) is 0 Å². The summed E-state index contributed by atoms with van der Waals surface area (Å²) in [7, 11) is 0. The van der Waals surface area contributed by atoms with Crippen molar-refractivity contribution < 1.29 is 4.74 Å². The van der Waals surface area contributed by atoms with E-state index in [9.17, 15) is 0 Å². The van der Waals surface area contributed by atoms with Crippen LogP contribution in [0.5, 0.6) is 5.75 Å². The van der Waals surface area contributed by atoms with Crippen molar-refractivity contribution in [3.63, 3.8) is 0 Å². The van der Waals surface area contributed by atoms with E-state index < -0.39 is 0 Å². The lowest BCUT2D eigenvalue weighted by Crippen LogP contribution is -2.19. The van der Waals surface area contributed by atoms with Crippen LogP contribution in [-0.2, 0) is 0 Å². The predicted octanol–water partition coefficient (Wildman–Crippen LogP) is 4.75. The molecular formula is C19H26N4O. The van der Waals surface area contributed by atoms with E-state index in [2.05, 4.69) is 20.6 Å². The highest BCUT2D eigenvalue weighted by Gasteiger charge is 2.13. The third-order valence-electron chi connectivity index (χ3n) is 4.32. The van der Waals surface area contributed by atoms with Crippen LogP contribution < -0.4 is 15.4 Å². The minimum absolute atomic E-state index is 0.519. The van der Waals surface area contributed by atoms with Gasteiger partial charge in [0.1, 0.15) is 23.7 Å². The van der Waals surface area contributed by atoms with Gasteiger partial charge in [0.05, 0.1) is 12.3 Å². The summed E-state index contributed by atoms with van der Waals surface area (Å²) in [4.78, 5) is 8.70. The van der Waals surface area contributed by atoms with E-state index in [1.807, 2.05) is 37.3 Å². The number of aromatic nitrogens is 2. The van der Waals surface area contributed by atoms with Gasteiger partial charge in [-0.25, -0.2) is 9.97 Å². The average Bonchev–Trinajstić information content (AvgIpc) is 2.86. The first-order valence-corrected chi connectivity index (χ1v) is 8.92. The van der Waals surface area contributed by atoms with Gasteiger partial charge in [0, 0.05) is 12.1 Å². The molecule has 2 N–H and O–H groups in total. The van der Waals surface area contributed by atoms with Gasteiger partial charge in [-0.2, -0.15) is 0 Å². The largest absolute Gasteiger partial charge is 0.492 e. The van der Waals surface area contributed by atoms with E-state index in [-0.39, 0.29) is 0 Å². The van der Waals surface area contributed by atoms with Crippen molar-refractivity contribution in [2.75, 3.05) is 17.2 Å². The number of nitrogens with zero attached hydrogens (tertiary/aromatic N) is 2. The van der Waals surface area contributed by atoms with Gasteiger partial charge in [0.25, 0.3) is 0 Å². The van der Waals surface area contributed by atoms with Crippen LogP contribution >= 0.6 is 0 Å². The standard InChI is InChI=1S/C19H26N4O/c1-2-24-17-12-8-7-11-16(17)23-19-13-18(20-14-21-19)22-15-9-5-3-4-6-10-15/h7-8,11-15H,2-6,9-10H2,1H3,(H2,20,21,22,23). The van der Waals surface area contributed by atoms with Crippen LogP contribution in [0.1, 0.15) is 45.4 Å². The van der Waals surface area contributed by atoms with Crippen LogP contribution in [0, 0.1) is 0 Å². The van der Waals surface area contributed by atoms with Crippen LogP contribution in [0.15, 0.2) is 36.7 Å². The molecule has 128 valence electrons. The first-order valence-electron chi connectivity index (χ1n) is 8.92. The van der Waals surface area contributed by atoms with E-state index in [0.29, 0.717) is 12.6 Å². The maximum atomic E-state index is 5.65. The van der Waals surface area contributed by atoms with Crippen molar-refractivity contribution >= 4 is 17.3 Å². The molecule has 24 heavy (non-hydrogen) atoms. The lowest BCUT2D eigenvalue weighted by Gasteiger charge is -2.17. The Labute approximate surface area is 143 Å². The van der Waals surface area contributed by atoms with Gasteiger partial charge in [-0.1, -0.05) is 37.8 Å². The molecule has 2 aromatic rings. The van der Waals surface area contributed by atoms with E-state index in [1.54, 1.807) is 6.33 Å². The molecule has 1 aliphatic rings. The fraction of sp³-hybridized carbons (Fsp3) is 0.474. The molecule has 3 rings (SSSR count). The highest BCUT2D eigenvalue weighted by Crippen LogP contribution is 2.27. The Hall–Kier alpha value is -2.30. The second kappa shape index (κ2) is 8.52. The van der Waals surface area contributed by atoms with Crippen LogP contribution in [0.25, 0.3) is 0 Å². The smallest absolute Gasteiger partial charge is 0.142 e. The van der Waals surface area contributed by atoms with Gasteiger partial charge in [0.2, 0.25) is 0 Å². The summed E-state index contributed by atoms with van der Waals surface area (Å²) in [5, 5.41) is 6.90. The van der Waals surface area contributed by atoms with Crippen LogP contribution in [0.3, 0.4) is 0 Å². The molecular weight excluding hydrogens is 300 g/mol. The Bertz CT molecular complexity index is 639. The number of para-hydroxylation sites is 2. The molecule has 0 spiro atoms. The van der Waals surface area contributed by atoms with Gasteiger partial charge >= 0.3 is 0 Å². The molecule has 1 aliphatic carbocycles. The SMILES string of the molecule is CCOc1ccccc1Nc1cc(NC2CCCCCC2)ncn1. The molecule has 0 unspecified atom stereocenters. The maximum absolute atomic E-state index is 5.65. The first-order chi connectivity index (χ1) is 11.8. The predicted molar refractivity (Wildman–Crippen MR) is 98.0 cm³/mol. The monoisotopic (exact) mass is 326 g/mol. The molecule has 1 fully saturated rings. The Morgan fingerprint density at radius 1 is 1.04 bits per heavy atom. The summed E-state index contributed by atoms with van der Waals surface area (Å²) in [5.41, 5.74) is 0.915. The minimum Gasteiger partial charge on any atom is -0.492 e. The summed E-state index contributed by atoms with van der Waals surface area (Å²) in [6, 6.07) is 10.4.